The Labute approximate surface area is 197 Å². The molecule has 7 nitrogen and oxygen atoms in total. The molecule has 2 aromatic carbocycles. The summed E-state index contributed by atoms with van der Waals surface area (Å²) in [6.07, 6.45) is 3.17. The molecule has 1 N–H and O–H groups in total. The van der Waals surface area contributed by atoms with Gasteiger partial charge in [-0.05, 0) is 54.1 Å². The number of rotatable bonds is 8. The predicted molar refractivity (Wildman–Crippen MR) is 123 cm³/mol. The number of carbonyl (C=O) groups excluding carboxylic acids is 3. The summed E-state index contributed by atoms with van der Waals surface area (Å²) in [6.45, 7) is -0.833. The topological polar surface area (TPSA) is 88.9 Å². The van der Waals surface area contributed by atoms with Gasteiger partial charge in [0.25, 0.3) is 11.1 Å². The lowest BCUT2D eigenvalue weighted by atomic mass is 10.1. The largest absolute Gasteiger partial charge is 0.464 e. The number of thioether (sulfide) groups is 1. The van der Waals surface area contributed by atoms with Crippen LogP contribution in [0.3, 0.4) is 0 Å². The fourth-order valence-corrected chi connectivity index (χ4v) is 4.32. The molecule has 3 aromatic rings. The molecule has 10 heteroatoms. The van der Waals surface area contributed by atoms with E-state index in [9.17, 15) is 23.2 Å². The van der Waals surface area contributed by atoms with Crippen molar-refractivity contribution in [3.8, 4) is 5.75 Å². The second-order valence-corrected chi connectivity index (χ2v) is 8.56. The summed E-state index contributed by atoms with van der Waals surface area (Å²) in [5.41, 5.74) is 3.08. The van der Waals surface area contributed by atoms with Crippen LogP contribution in [0.25, 0.3) is 17.0 Å². The molecule has 0 saturated carbocycles. The van der Waals surface area contributed by atoms with Crippen LogP contribution in [0.1, 0.15) is 16.7 Å². The maximum absolute atomic E-state index is 12.6. The molecule has 1 saturated heterocycles. The highest BCUT2D eigenvalue weighted by Crippen LogP contribution is 2.32. The summed E-state index contributed by atoms with van der Waals surface area (Å²) in [5, 5.41) is 3.14. The minimum Gasteiger partial charge on any atom is -0.464 e. The van der Waals surface area contributed by atoms with Gasteiger partial charge < -0.3 is 14.5 Å². The Morgan fingerprint density at radius 3 is 2.71 bits per heavy atom. The lowest BCUT2D eigenvalue weighted by molar-refractivity contribution is -0.124. The minimum absolute atomic E-state index is 0.00507. The average molecular weight is 486 g/mol. The van der Waals surface area contributed by atoms with Gasteiger partial charge in [-0.25, -0.2) is 0 Å². The van der Waals surface area contributed by atoms with Gasteiger partial charge >= 0.3 is 6.61 Å². The zero-order chi connectivity index (χ0) is 24.2. The van der Waals surface area contributed by atoms with Crippen molar-refractivity contribution in [1.29, 1.82) is 0 Å². The Balaban J connectivity index is 1.31. The highest BCUT2D eigenvalue weighted by molar-refractivity contribution is 8.18. The zero-order valence-corrected chi connectivity index (χ0v) is 18.9. The third-order valence-corrected chi connectivity index (χ3v) is 6.00. The molecule has 34 heavy (non-hydrogen) atoms. The maximum Gasteiger partial charge on any atom is 0.387 e. The fraction of sp³-hybridized carbons (Fsp3) is 0.208. The number of hydrogen-bond donors (Lipinski definition) is 1. The van der Waals surface area contributed by atoms with Crippen LogP contribution in [0.5, 0.6) is 5.75 Å². The molecule has 176 valence electrons. The number of furan rings is 1. The number of imide groups is 1. The molecular formula is C24H20F2N2O5S. The first-order chi connectivity index (χ1) is 16.3. The monoisotopic (exact) mass is 486 g/mol. The molecule has 1 aromatic heterocycles. The Morgan fingerprint density at radius 2 is 1.97 bits per heavy atom. The smallest absolute Gasteiger partial charge is 0.387 e. The van der Waals surface area contributed by atoms with Gasteiger partial charge in [0.2, 0.25) is 5.91 Å². The summed E-state index contributed by atoms with van der Waals surface area (Å²) < 4.78 is 34.3. The zero-order valence-electron chi connectivity index (χ0n) is 18.0. The van der Waals surface area contributed by atoms with Crippen LogP contribution in [0.2, 0.25) is 0 Å². The number of hydrogen-bond acceptors (Lipinski definition) is 6. The molecule has 0 spiro atoms. The summed E-state index contributed by atoms with van der Waals surface area (Å²) in [4.78, 5) is 38.5. The molecule has 0 bridgehead atoms. The van der Waals surface area contributed by atoms with Crippen molar-refractivity contribution < 1.29 is 32.3 Å². The lowest BCUT2D eigenvalue weighted by Crippen LogP contribution is -2.37. The molecule has 1 fully saturated rings. The number of aryl methyl sites for hydroxylation is 1. The van der Waals surface area contributed by atoms with Crippen LogP contribution in [0.4, 0.5) is 13.6 Å². The fourth-order valence-electron chi connectivity index (χ4n) is 3.46. The number of carbonyl (C=O) groups is 3. The van der Waals surface area contributed by atoms with Crippen LogP contribution in [0, 0.1) is 6.92 Å². The lowest BCUT2D eigenvalue weighted by Gasteiger charge is -2.12. The van der Waals surface area contributed by atoms with Crippen molar-refractivity contribution in [3.05, 3.63) is 70.3 Å². The molecular weight excluding hydrogens is 466 g/mol. The van der Waals surface area contributed by atoms with Crippen LogP contribution in [0.15, 0.2) is 58.1 Å². The third-order valence-electron chi connectivity index (χ3n) is 5.10. The van der Waals surface area contributed by atoms with Gasteiger partial charge in [-0.3, -0.25) is 19.3 Å². The Morgan fingerprint density at radius 1 is 1.21 bits per heavy atom. The van der Waals surface area contributed by atoms with E-state index in [4.69, 9.17) is 4.42 Å². The van der Waals surface area contributed by atoms with Gasteiger partial charge in [0.1, 0.15) is 11.3 Å². The van der Waals surface area contributed by atoms with Gasteiger partial charge in [-0.15, -0.1) is 0 Å². The SMILES string of the molecule is Cc1ccc2c(CC(=O)NCCN3C(=O)S/C(=C/c4ccc(OC(F)F)cc4)C3=O)coc2c1. The van der Waals surface area contributed by atoms with E-state index in [-0.39, 0.29) is 36.1 Å². The van der Waals surface area contributed by atoms with Gasteiger partial charge in [-0.1, -0.05) is 24.3 Å². The molecule has 3 amide bonds. The number of benzene rings is 2. The molecule has 4 rings (SSSR count). The second kappa shape index (κ2) is 10.1. The Kier molecular flexibility index (Phi) is 6.97. The van der Waals surface area contributed by atoms with Gasteiger partial charge in [-0.2, -0.15) is 8.78 Å². The van der Waals surface area contributed by atoms with Crippen molar-refractivity contribution >= 4 is 45.9 Å². The standard InChI is InChI=1S/C24H20F2N2O5S/c1-14-2-7-18-16(13-32-19(18)10-14)12-21(29)27-8-9-28-22(30)20(34-24(28)31)11-15-3-5-17(6-4-15)33-23(25)26/h2-7,10-11,13,23H,8-9,12H2,1H3,(H,27,29)/b20-11+. The predicted octanol–water partition coefficient (Wildman–Crippen LogP) is 4.74. The number of nitrogens with one attached hydrogen (secondary N) is 1. The van der Waals surface area contributed by atoms with Gasteiger partial charge in [0.15, 0.2) is 0 Å². The average Bonchev–Trinajstić information content (AvgIpc) is 3.29. The van der Waals surface area contributed by atoms with Crippen molar-refractivity contribution in [1.82, 2.24) is 10.2 Å². The first-order valence-electron chi connectivity index (χ1n) is 10.3. The summed E-state index contributed by atoms with van der Waals surface area (Å²) in [5.74, 6) is -0.736. The van der Waals surface area contributed by atoms with Crippen LogP contribution in [-0.4, -0.2) is 41.7 Å². The normalized spacial score (nSPS) is 15.1. The van der Waals surface area contributed by atoms with Gasteiger partial charge in [0.05, 0.1) is 17.6 Å². The molecule has 0 atom stereocenters. The van der Waals surface area contributed by atoms with Crippen molar-refractivity contribution in [2.24, 2.45) is 0 Å². The van der Waals surface area contributed by atoms with E-state index in [1.807, 2.05) is 25.1 Å². The molecule has 0 radical (unpaired) electrons. The van der Waals surface area contributed by atoms with Crippen molar-refractivity contribution in [2.45, 2.75) is 20.0 Å². The highest BCUT2D eigenvalue weighted by Gasteiger charge is 2.34. The number of ether oxygens (including phenoxy) is 1. The van der Waals surface area contributed by atoms with E-state index in [2.05, 4.69) is 10.1 Å². The number of halogens is 2. The Bertz CT molecular complexity index is 1270. The van der Waals surface area contributed by atoms with Crippen LogP contribution < -0.4 is 10.1 Å². The van der Waals surface area contributed by atoms with E-state index in [1.54, 1.807) is 6.26 Å². The second-order valence-electron chi connectivity index (χ2n) is 7.57. The number of alkyl halides is 2. The van der Waals surface area contributed by atoms with E-state index in [0.29, 0.717) is 11.1 Å². The number of fused-ring (bicyclic) bond motifs is 1. The molecule has 1 aliphatic rings. The summed E-state index contributed by atoms with van der Waals surface area (Å²) >= 11 is 0.779. The van der Waals surface area contributed by atoms with Crippen LogP contribution >= 0.6 is 11.8 Å². The maximum atomic E-state index is 12.6. The highest BCUT2D eigenvalue weighted by atomic mass is 32.2. The number of amides is 3. The Hall–Kier alpha value is -3.66. The minimum atomic E-state index is -2.92. The third kappa shape index (κ3) is 5.45. The molecule has 2 heterocycles. The van der Waals surface area contributed by atoms with Crippen molar-refractivity contribution in [2.75, 3.05) is 13.1 Å². The molecule has 0 aliphatic carbocycles. The van der Waals surface area contributed by atoms with Crippen molar-refractivity contribution in [3.63, 3.8) is 0 Å². The van der Waals surface area contributed by atoms with E-state index in [1.165, 1.54) is 30.3 Å². The first kappa shape index (κ1) is 23.5. The quantitative estimate of drug-likeness (QED) is 0.463. The summed E-state index contributed by atoms with van der Waals surface area (Å²) in [7, 11) is 0. The van der Waals surface area contributed by atoms with E-state index in [0.717, 1.165) is 33.2 Å². The van der Waals surface area contributed by atoms with Gasteiger partial charge in [0, 0.05) is 24.0 Å². The number of nitrogens with zero attached hydrogens (tertiary/aromatic N) is 1. The summed E-state index contributed by atoms with van der Waals surface area (Å²) in [6, 6.07) is 11.5. The molecule has 0 unspecified atom stereocenters. The van der Waals surface area contributed by atoms with Crippen LogP contribution in [-0.2, 0) is 16.0 Å². The first-order valence-corrected chi connectivity index (χ1v) is 11.2. The molecule has 1 aliphatic heterocycles. The van der Waals surface area contributed by atoms with E-state index >= 15 is 0 Å². The van der Waals surface area contributed by atoms with E-state index < -0.39 is 17.8 Å².